The van der Waals surface area contributed by atoms with Crippen LogP contribution in [0, 0.1) is 0 Å². The highest BCUT2D eigenvalue weighted by Gasteiger charge is 2.27. The number of hydrogen-bond acceptors (Lipinski definition) is 6. The SMILES string of the molecule is O=C1c2ccc(cc2)C(=O)N(Cc2ccccc2)CCN(Cc2ccccc2)C(=O)c2ccc(cc2)C(=O)N(Cc2ccccc2)CCN(Cc2ccccc2)C(=O)c2ccc(cc2)C(=O)N(Cc2ccccc2)CCN1Cc1ccccc1. The molecule has 9 aromatic carbocycles. The summed E-state index contributed by atoms with van der Waals surface area (Å²) in [6.07, 6.45) is 0. The van der Waals surface area contributed by atoms with Crippen LogP contribution in [0.4, 0.5) is 0 Å². The average Bonchev–Trinajstić information content (AvgIpc) is 3.70. The molecule has 84 heavy (non-hydrogen) atoms. The van der Waals surface area contributed by atoms with E-state index < -0.39 is 0 Å². The van der Waals surface area contributed by atoms with E-state index in [0.717, 1.165) is 33.4 Å². The highest BCUT2D eigenvalue weighted by Crippen LogP contribution is 2.22. The van der Waals surface area contributed by atoms with Crippen LogP contribution in [0.2, 0.25) is 0 Å². The number of benzene rings is 9. The van der Waals surface area contributed by atoms with Gasteiger partial charge >= 0.3 is 0 Å². The third-order valence-electron chi connectivity index (χ3n) is 15.1. The molecule has 0 saturated heterocycles. The van der Waals surface area contributed by atoms with E-state index in [-0.39, 0.29) is 114 Å². The Morgan fingerprint density at radius 1 is 0.179 bits per heavy atom. The lowest BCUT2D eigenvalue weighted by atomic mass is 10.1. The van der Waals surface area contributed by atoms with E-state index in [9.17, 15) is 28.8 Å². The van der Waals surface area contributed by atoms with E-state index in [1.165, 1.54) is 0 Å². The largest absolute Gasteiger partial charge is 0.333 e. The molecule has 0 fully saturated rings. The summed E-state index contributed by atoms with van der Waals surface area (Å²) >= 11 is 0. The predicted octanol–water partition coefficient (Wildman–Crippen LogP) is 12.0. The van der Waals surface area contributed by atoms with Gasteiger partial charge in [0.2, 0.25) is 0 Å². The van der Waals surface area contributed by atoms with E-state index in [4.69, 9.17) is 0 Å². The molecule has 4 aliphatic rings. The molecule has 0 aromatic heterocycles. The summed E-state index contributed by atoms with van der Waals surface area (Å²) in [7, 11) is 0. The summed E-state index contributed by atoms with van der Waals surface area (Å²) in [6.45, 7) is 2.61. The van der Waals surface area contributed by atoms with Crippen LogP contribution in [-0.2, 0) is 39.3 Å². The van der Waals surface area contributed by atoms with Crippen molar-refractivity contribution >= 4 is 35.4 Å². The molecule has 12 nitrogen and oxygen atoms in total. The van der Waals surface area contributed by atoms with Crippen molar-refractivity contribution in [2.24, 2.45) is 0 Å². The first-order valence-corrected chi connectivity index (χ1v) is 28.4. The van der Waals surface area contributed by atoms with E-state index in [1.807, 2.05) is 182 Å². The Kier molecular flexibility index (Phi) is 19.0. The van der Waals surface area contributed by atoms with Gasteiger partial charge < -0.3 is 29.4 Å². The lowest BCUT2D eigenvalue weighted by Gasteiger charge is -2.30. The quantitative estimate of drug-likeness (QED) is 0.120. The van der Waals surface area contributed by atoms with Crippen LogP contribution in [-0.4, -0.2) is 104 Å². The van der Waals surface area contributed by atoms with Crippen LogP contribution in [0.5, 0.6) is 0 Å². The highest BCUT2D eigenvalue weighted by molar-refractivity contribution is 6.00. The molecule has 420 valence electrons. The summed E-state index contributed by atoms with van der Waals surface area (Å²) < 4.78 is 0. The minimum Gasteiger partial charge on any atom is -0.333 e. The normalized spacial score (nSPS) is 14.4. The van der Waals surface area contributed by atoms with E-state index in [0.29, 0.717) is 33.4 Å². The van der Waals surface area contributed by atoms with Crippen LogP contribution in [0.15, 0.2) is 255 Å². The molecular formula is C72H66N6O6. The first-order chi connectivity index (χ1) is 41.1. The van der Waals surface area contributed by atoms with E-state index >= 15 is 0 Å². The van der Waals surface area contributed by atoms with Crippen LogP contribution in [0.1, 0.15) is 95.5 Å². The van der Waals surface area contributed by atoms with Crippen molar-refractivity contribution in [1.29, 1.82) is 0 Å². The van der Waals surface area contributed by atoms with Gasteiger partial charge in [-0.2, -0.15) is 0 Å². The molecule has 0 unspecified atom stereocenters. The topological polar surface area (TPSA) is 122 Å². The predicted molar refractivity (Wildman–Crippen MR) is 326 cm³/mol. The molecule has 12 heteroatoms. The van der Waals surface area contributed by atoms with Crippen molar-refractivity contribution < 1.29 is 28.8 Å². The van der Waals surface area contributed by atoms with Crippen molar-refractivity contribution in [2.45, 2.75) is 39.3 Å². The van der Waals surface area contributed by atoms with Gasteiger partial charge in [0, 0.05) is 112 Å². The zero-order valence-corrected chi connectivity index (χ0v) is 46.9. The number of carbonyl (C=O) groups is 6. The zero-order valence-electron chi connectivity index (χ0n) is 46.9. The molecule has 13 rings (SSSR count). The molecule has 4 aliphatic heterocycles. The standard InChI is InChI=1S/C72H66N6O6/c79-67-61-31-33-62(34-32-61)69(81)75(51-57-23-11-3-12-24-57)45-46-76(52-58-25-13-4-14-26-58)71(83)65-39-41-66(42-40-65)72(84)78(54-60-29-17-6-18-30-60)48-47-77(53-59-27-15-5-16-28-59)70(82)64-37-35-63(36-38-64)68(80)74(50-56-21-9-2-10-22-56)44-43-73(67)49-55-19-7-1-8-20-55/h1-42H,43-54H2. The maximum atomic E-state index is 14.8. The molecule has 4 heterocycles. The monoisotopic (exact) mass is 1110 g/mol. The van der Waals surface area contributed by atoms with Crippen molar-refractivity contribution in [3.8, 4) is 0 Å². The highest BCUT2D eigenvalue weighted by atomic mass is 16.2. The third-order valence-corrected chi connectivity index (χ3v) is 15.1. The lowest BCUT2D eigenvalue weighted by Crippen LogP contribution is -2.41. The fourth-order valence-electron chi connectivity index (χ4n) is 10.4. The van der Waals surface area contributed by atoms with Crippen molar-refractivity contribution in [2.75, 3.05) is 39.3 Å². The number of nitrogens with zero attached hydrogens (tertiary/aromatic N) is 6. The van der Waals surface area contributed by atoms with Crippen LogP contribution < -0.4 is 0 Å². The van der Waals surface area contributed by atoms with Gasteiger partial charge in [-0.05, 0) is 106 Å². The lowest BCUT2D eigenvalue weighted by molar-refractivity contribution is 0.0640. The number of fused-ring (bicyclic) bond motifs is 3. The average molecular weight is 1110 g/mol. The number of amides is 6. The van der Waals surface area contributed by atoms with Gasteiger partial charge in [0.1, 0.15) is 0 Å². The van der Waals surface area contributed by atoms with E-state index in [2.05, 4.69) is 0 Å². The smallest absolute Gasteiger partial charge is 0.254 e. The molecule has 9 aromatic rings. The van der Waals surface area contributed by atoms with Crippen LogP contribution in [0.3, 0.4) is 0 Å². The molecule has 0 N–H and O–H groups in total. The number of carbonyl (C=O) groups excluding carboxylic acids is 6. The third kappa shape index (κ3) is 15.0. The maximum absolute atomic E-state index is 14.8. The number of rotatable bonds is 12. The van der Waals surface area contributed by atoms with Gasteiger partial charge in [0.05, 0.1) is 0 Å². The van der Waals surface area contributed by atoms with Gasteiger partial charge in [-0.25, -0.2) is 0 Å². The Morgan fingerprint density at radius 3 is 0.417 bits per heavy atom. The van der Waals surface area contributed by atoms with E-state index in [1.54, 1.807) is 102 Å². The Labute approximate surface area is 491 Å². The number of hydrogen-bond donors (Lipinski definition) is 0. The Morgan fingerprint density at radius 2 is 0.298 bits per heavy atom. The molecule has 0 radical (unpaired) electrons. The summed E-state index contributed by atoms with van der Waals surface area (Å²) in [6, 6.07) is 78.1. The minimum atomic E-state index is -0.274. The van der Waals surface area contributed by atoms with Gasteiger partial charge in [0.25, 0.3) is 35.4 Å². The molecular weight excluding hydrogens is 1040 g/mol. The first-order valence-electron chi connectivity index (χ1n) is 28.4. The minimum absolute atomic E-state index is 0.175. The molecule has 0 spiro atoms. The van der Waals surface area contributed by atoms with Crippen LogP contribution >= 0.6 is 0 Å². The van der Waals surface area contributed by atoms with Crippen molar-refractivity contribution in [3.63, 3.8) is 0 Å². The molecule has 6 bridgehead atoms. The Hall–Kier alpha value is -10.2. The molecule has 0 atom stereocenters. The second-order valence-corrected chi connectivity index (χ2v) is 21.0. The van der Waals surface area contributed by atoms with Crippen molar-refractivity contribution in [3.05, 3.63) is 322 Å². The second-order valence-electron chi connectivity index (χ2n) is 21.0. The van der Waals surface area contributed by atoms with Gasteiger partial charge in [-0.1, -0.05) is 182 Å². The molecule has 0 saturated carbocycles. The first kappa shape index (κ1) is 57.1. The fraction of sp³-hybridized carbons (Fsp3) is 0.167. The summed E-state index contributed by atoms with van der Waals surface area (Å²) in [4.78, 5) is 99.2. The van der Waals surface area contributed by atoms with Gasteiger partial charge in [-0.3, -0.25) is 28.8 Å². The van der Waals surface area contributed by atoms with Gasteiger partial charge in [0.15, 0.2) is 0 Å². The van der Waals surface area contributed by atoms with Crippen molar-refractivity contribution in [1.82, 2.24) is 29.4 Å². The van der Waals surface area contributed by atoms with Crippen LogP contribution in [0.25, 0.3) is 0 Å². The fourth-order valence-corrected chi connectivity index (χ4v) is 10.4. The second kappa shape index (κ2) is 28.0. The Balaban J connectivity index is 1.03. The maximum Gasteiger partial charge on any atom is 0.254 e. The Bertz CT molecular complexity index is 3000. The molecule has 6 amide bonds. The summed E-state index contributed by atoms with van der Waals surface area (Å²) in [5.41, 5.74) is 7.65. The summed E-state index contributed by atoms with van der Waals surface area (Å²) in [5, 5.41) is 0. The molecule has 0 aliphatic carbocycles. The van der Waals surface area contributed by atoms with Gasteiger partial charge in [-0.15, -0.1) is 0 Å². The summed E-state index contributed by atoms with van der Waals surface area (Å²) in [5.74, 6) is -1.64. The zero-order chi connectivity index (χ0) is 58.0.